The van der Waals surface area contributed by atoms with Crippen LogP contribution in [0.25, 0.3) is 16.6 Å². The SMILES string of the molecule is Cc1ccc2cc(C)c3nnc(C(S)c4ccc(C(=O)O)cc4)n3c2c1. The Labute approximate surface area is 155 Å². The van der Waals surface area contributed by atoms with E-state index >= 15 is 0 Å². The van der Waals surface area contributed by atoms with Crippen LogP contribution in [0.3, 0.4) is 0 Å². The number of nitrogens with zero attached hydrogens (tertiary/aromatic N) is 3. The highest BCUT2D eigenvalue weighted by Gasteiger charge is 2.19. The van der Waals surface area contributed by atoms with E-state index in [4.69, 9.17) is 17.7 Å². The summed E-state index contributed by atoms with van der Waals surface area (Å²) in [5.41, 5.74) is 5.16. The smallest absolute Gasteiger partial charge is 0.335 e. The summed E-state index contributed by atoms with van der Waals surface area (Å²) in [4.78, 5) is 11.1. The van der Waals surface area contributed by atoms with Gasteiger partial charge < -0.3 is 5.11 Å². The van der Waals surface area contributed by atoms with Gasteiger partial charge in [-0.3, -0.25) is 4.40 Å². The Balaban J connectivity index is 1.92. The molecule has 1 unspecified atom stereocenters. The monoisotopic (exact) mass is 363 g/mol. The number of aromatic carboxylic acids is 1. The van der Waals surface area contributed by atoms with Gasteiger partial charge in [-0.15, -0.1) is 10.2 Å². The number of carboxylic acids is 1. The number of aryl methyl sites for hydroxylation is 2. The molecule has 5 nitrogen and oxygen atoms in total. The van der Waals surface area contributed by atoms with Crippen LogP contribution in [0.15, 0.2) is 48.5 Å². The zero-order valence-electron chi connectivity index (χ0n) is 14.3. The molecule has 1 atom stereocenters. The molecule has 4 aromatic rings. The van der Waals surface area contributed by atoms with Gasteiger partial charge in [-0.1, -0.05) is 24.3 Å². The predicted molar refractivity (Wildman–Crippen MR) is 104 cm³/mol. The molecule has 2 aromatic heterocycles. The Bertz CT molecular complexity index is 1150. The summed E-state index contributed by atoms with van der Waals surface area (Å²) in [5.74, 6) is -0.233. The summed E-state index contributed by atoms with van der Waals surface area (Å²) >= 11 is 4.75. The third-order valence-corrected chi connectivity index (χ3v) is 5.09. The molecule has 4 rings (SSSR count). The van der Waals surface area contributed by atoms with Gasteiger partial charge in [-0.05, 0) is 60.2 Å². The van der Waals surface area contributed by atoms with E-state index in [1.54, 1.807) is 24.3 Å². The number of benzene rings is 2. The molecule has 6 heteroatoms. The van der Waals surface area contributed by atoms with Crippen LogP contribution in [-0.2, 0) is 0 Å². The van der Waals surface area contributed by atoms with Gasteiger partial charge in [-0.2, -0.15) is 12.6 Å². The molecule has 2 aromatic carbocycles. The second-order valence-corrected chi connectivity index (χ2v) is 6.95. The van der Waals surface area contributed by atoms with Crippen LogP contribution in [0.5, 0.6) is 0 Å². The predicted octanol–water partition coefficient (Wildman–Crippen LogP) is 4.22. The first kappa shape index (κ1) is 16.6. The Morgan fingerprint density at radius 2 is 1.81 bits per heavy atom. The second-order valence-electron chi connectivity index (χ2n) is 6.44. The lowest BCUT2D eigenvalue weighted by molar-refractivity contribution is 0.0697. The molecule has 0 aliphatic heterocycles. The van der Waals surface area contributed by atoms with E-state index in [2.05, 4.69) is 41.4 Å². The fourth-order valence-corrected chi connectivity index (χ4v) is 3.53. The summed E-state index contributed by atoms with van der Waals surface area (Å²) in [5, 5.41) is 18.6. The first-order valence-corrected chi connectivity index (χ1v) is 8.73. The zero-order chi connectivity index (χ0) is 18.4. The van der Waals surface area contributed by atoms with Crippen molar-refractivity contribution in [1.29, 1.82) is 0 Å². The van der Waals surface area contributed by atoms with Crippen molar-refractivity contribution in [3.8, 4) is 0 Å². The summed E-state index contributed by atoms with van der Waals surface area (Å²) in [7, 11) is 0. The van der Waals surface area contributed by atoms with E-state index in [1.807, 2.05) is 11.3 Å². The van der Waals surface area contributed by atoms with E-state index < -0.39 is 5.97 Å². The number of aromatic nitrogens is 3. The molecule has 0 fully saturated rings. The van der Waals surface area contributed by atoms with Gasteiger partial charge in [0.25, 0.3) is 0 Å². The first-order chi connectivity index (χ1) is 12.5. The van der Waals surface area contributed by atoms with Crippen LogP contribution >= 0.6 is 12.6 Å². The van der Waals surface area contributed by atoms with Gasteiger partial charge in [0.15, 0.2) is 11.5 Å². The molecule has 0 aliphatic carbocycles. The van der Waals surface area contributed by atoms with Crippen LogP contribution in [-0.4, -0.2) is 25.7 Å². The third-order valence-electron chi connectivity index (χ3n) is 4.56. The molecular weight excluding hydrogens is 346 g/mol. The lowest BCUT2D eigenvalue weighted by Crippen LogP contribution is -2.03. The lowest BCUT2D eigenvalue weighted by atomic mass is 10.1. The molecule has 130 valence electrons. The van der Waals surface area contributed by atoms with E-state index in [0.717, 1.165) is 33.2 Å². The van der Waals surface area contributed by atoms with Gasteiger partial charge in [0, 0.05) is 0 Å². The van der Waals surface area contributed by atoms with Crippen LogP contribution in [0.4, 0.5) is 0 Å². The summed E-state index contributed by atoms with van der Waals surface area (Å²) < 4.78 is 2.04. The maximum atomic E-state index is 11.1. The number of rotatable bonds is 3. The fourth-order valence-electron chi connectivity index (χ4n) is 3.19. The summed E-state index contributed by atoms with van der Waals surface area (Å²) in [6, 6.07) is 15.1. The summed E-state index contributed by atoms with van der Waals surface area (Å²) in [6.45, 7) is 4.07. The molecule has 0 saturated carbocycles. The van der Waals surface area contributed by atoms with Crippen molar-refractivity contribution in [3.05, 3.63) is 76.6 Å². The van der Waals surface area contributed by atoms with Crippen LogP contribution in [0.2, 0.25) is 0 Å². The van der Waals surface area contributed by atoms with Crippen LogP contribution in [0, 0.1) is 13.8 Å². The van der Waals surface area contributed by atoms with Crippen molar-refractivity contribution >= 4 is 35.1 Å². The molecule has 0 amide bonds. The molecule has 0 aliphatic rings. The largest absolute Gasteiger partial charge is 0.478 e. The lowest BCUT2D eigenvalue weighted by Gasteiger charge is -2.13. The van der Waals surface area contributed by atoms with Crippen LogP contribution < -0.4 is 0 Å². The van der Waals surface area contributed by atoms with E-state index in [9.17, 15) is 4.79 Å². The van der Waals surface area contributed by atoms with Crippen molar-refractivity contribution in [2.75, 3.05) is 0 Å². The quantitative estimate of drug-likeness (QED) is 0.535. The maximum absolute atomic E-state index is 11.1. The minimum atomic E-state index is -0.947. The first-order valence-electron chi connectivity index (χ1n) is 8.22. The van der Waals surface area contributed by atoms with Crippen molar-refractivity contribution < 1.29 is 9.90 Å². The molecular formula is C20H17N3O2S. The number of carboxylic acid groups (broad SMARTS) is 1. The molecule has 0 saturated heterocycles. The highest BCUT2D eigenvalue weighted by atomic mass is 32.1. The Morgan fingerprint density at radius 3 is 2.50 bits per heavy atom. The molecule has 26 heavy (non-hydrogen) atoms. The third kappa shape index (κ3) is 2.63. The standard InChI is InChI=1S/C20H17N3O2S/c1-11-3-4-15-10-12(2)18-21-22-19(23(18)16(15)9-11)17(26)13-5-7-14(8-6-13)20(24)25/h3-10,17,26H,1-2H3,(H,24,25). The van der Waals surface area contributed by atoms with Gasteiger partial charge in [0.2, 0.25) is 0 Å². The Morgan fingerprint density at radius 1 is 1.08 bits per heavy atom. The molecule has 2 heterocycles. The minimum absolute atomic E-state index is 0.248. The molecule has 0 bridgehead atoms. The number of fused-ring (bicyclic) bond motifs is 3. The summed E-state index contributed by atoms with van der Waals surface area (Å²) in [6.07, 6.45) is 0. The van der Waals surface area contributed by atoms with Gasteiger partial charge in [-0.25, -0.2) is 4.79 Å². The molecule has 1 N–H and O–H groups in total. The number of pyridine rings is 1. The number of hydrogen-bond acceptors (Lipinski definition) is 4. The Hall–Kier alpha value is -2.86. The minimum Gasteiger partial charge on any atom is -0.478 e. The zero-order valence-corrected chi connectivity index (χ0v) is 15.2. The van der Waals surface area contributed by atoms with Crippen molar-refractivity contribution in [2.45, 2.75) is 19.1 Å². The molecule has 0 spiro atoms. The van der Waals surface area contributed by atoms with E-state index in [1.165, 1.54) is 0 Å². The number of hydrogen-bond donors (Lipinski definition) is 2. The topological polar surface area (TPSA) is 67.5 Å². The number of thiol groups is 1. The highest BCUT2D eigenvalue weighted by Crippen LogP contribution is 2.31. The maximum Gasteiger partial charge on any atom is 0.335 e. The van der Waals surface area contributed by atoms with E-state index in [-0.39, 0.29) is 10.8 Å². The van der Waals surface area contributed by atoms with Crippen LogP contribution in [0.1, 0.15) is 38.1 Å². The fraction of sp³-hybridized carbons (Fsp3) is 0.150. The van der Waals surface area contributed by atoms with Gasteiger partial charge in [0.05, 0.1) is 16.3 Å². The van der Waals surface area contributed by atoms with Crippen molar-refractivity contribution in [1.82, 2.24) is 14.6 Å². The van der Waals surface area contributed by atoms with Crippen molar-refractivity contribution in [3.63, 3.8) is 0 Å². The van der Waals surface area contributed by atoms with Gasteiger partial charge >= 0.3 is 5.97 Å². The number of carbonyl (C=O) groups is 1. The average Bonchev–Trinajstić information content (AvgIpc) is 3.08. The Kier molecular flexibility index (Phi) is 3.92. The normalized spacial score (nSPS) is 12.6. The second kappa shape index (κ2) is 6.14. The van der Waals surface area contributed by atoms with Gasteiger partial charge in [0.1, 0.15) is 0 Å². The average molecular weight is 363 g/mol. The highest BCUT2D eigenvalue weighted by molar-refractivity contribution is 7.80. The van der Waals surface area contributed by atoms with E-state index in [0.29, 0.717) is 5.82 Å². The molecule has 0 radical (unpaired) electrons. The van der Waals surface area contributed by atoms with Crippen molar-refractivity contribution in [2.24, 2.45) is 0 Å².